The van der Waals surface area contributed by atoms with Crippen LogP contribution in [-0.2, 0) is 6.42 Å². The highest BCUT2D eigenvalue weighted by Crippen LogP contribution is 2.17. The van der Waals surface area contributed by atoms with Crippen LogP contribution in [0.2, 0.25) is 0 Å². The highest BCUT2D eigenvalue weighted by atomic mass is 16.1. The average Bonchev–Trinajstić information content (AvgIpc) is 3.21. The third-order valence-electron chi connectivity index (χ3n) is 3.84. The van der Waals surface area contributed by atoms with Gasteiger partial charge in [-0.3, -0.25) is 4.79 Å². The quantitative estimate of drug-likeness (QED) is 0.607. The Balaban J connectivity index is 1.43. The first-order valence-electron chi connectivity index (χ1n) is 7.45. The number of benzene rings is 1. The molecule has 0 aliphatic heterocycles. The molecule has 6 heteroatoms. The minimum Gasteiger partial charge on any atom is -0.361 e. The van der Waals surface area contributed by atoms with E-state index in [2.05, 4.69) is 26.4 Å². The Morgan fingerprint density at radius 3 is 3.09 bits per heavy atom. The van der Waals surface area contributed by atoms with Gasteiger partial charge in [-0.1, -0.05) is 18.2 Å². The summed E-state index contributed by atoms with van der Waals surface area (Å²) in [6.45, 7) is 0.560. The fraction of sp³-hybridized carbons (Fsp3) is 0.118. The second-order valence-corrected chi connectivity index (χ2v) is 5.31. The first kappa shape index (κ1) is 13.5. The summed E-state index contributed by atoms with van der Waals surface area (Å²) in [5.74, 6) is -0.180. The fourth-order valence-corrected chi connectivity index (χ4v) is 2.68. The van der Waals surface area contributed by atoms with Crippen LogP contribution in [0.5, 0.6) is 0 Å². The first-order valence-corrected chi connectivity index (χ1v) is 7.45. The number of hydrogen-bond acceptors (Lipinski definition) is 3. The molecule has 0 unspecified atom stereocenters. The van der Waals surface area contributed by atoms with Gasteiger partial charge in [-0.05, 0) is 30.2 Å². The van der Waals surface area contributed by atoms with Crippen LogP contribution in [0.25, 0.3) is 16.6 Å². The Bertz CT molecular complexity index is 985. The second-order valence-electron chi connectivity index (χ2n) is 5.31. The third kappa shape index (κ3) is 2.55. The van der Waals surface area contributed by atoms with E-state index in [1.54, 1.807) is 29.0 Å². The van der Waals surface area contributed by atoms with Crippen LogP contribution in [0.3, 0.4) is 0 Å². The number of para-hydroxylation sites is 1. The van der Waals surface area contributed by atoms with E-state index in [0.29, 0.717) is 12.2 Å². The Labute approximate surface area is 132 Å². The largest absolute Gasteiger partial charge is 0.361 e. The van der Waals surface area contributed by atoms with E-state index in [4.69, 9.17) is 0 Å². The molecule has 0 saturated carbocycles. The molecule has 0 saturated heterocycles. The molecule has 0 bridgehead atoms. The summed E-state index contributed by atoms with van der Waals surface area (Å²) in [5, 5.41) is 8.34. The number of nitrogens with zero attached hydrogens (tertiary/aromatic N) is 3. The number of amides is 1. The van der Waals surface area contributed by atoms with Crippen molar-refractivity contribution in [1.29, 1.82) is 0 Å². The molecule has 0 fully saturated rings. The van der Waals surface area contributed by atoms with E-state index in [1.165, 1.54) is 10.9 Å². The number of aromatic amines is 1. The van der Waals surface area contributed by atoms with E-state index in [-0.39, 0.29) is 5.91 Å². The van der Waals surface area contributed by atoms with Crippen LogP contribution in [-0.4, -0.2) is 32.0 Å². The normalized spacial score (nSPS) is 11.1. The van der Waals surface area contributed by atoms with Gasteiger partial charge in [0.05, 0.1) is 0 Å². The lowest BCUT2D eigenvalue weighted by Gasteiger charge is -2.04. The smallest absolute Gasteiger partial charge is 0.271 e. The number of rotatable bonds is 4. The Kier molecular flexibility index (Phi) is 3.27. The average molecular weight is 305 g/mol. The lowest BCUT2D eigenvalue weighted by molar-refractivity contribution is 0.0948. The van der Waals surface area contributed by atoms with Gasteiger partial charge >= 0.3 is 0 Å². The molecule has 6 nitrogen and oxygen atoms in total. The first-order chi connectivity index (χ1) is 11.3. The molecule has 0 aliphatic carbocycles. The van der Waals surface area contributed by atoms with E-state index in [9.17, 15) is 4.79 Å². The van der Waals surface area contributed by atoms with E-state index in [1.807, 2.05) is 24.4 Å². The van der Waals surface area contributed by atoms with Gasteiger partial charge in [0.1, 0.15) is 5.69 Å². The van der Waals surface area contributed by atoms with Crippen molar-refractivity contribution in [2.45, 2.75) is 6.42 Å². The summed E-state index contributed by atoms with van der Waals surface area (Å²) in [6, 6.07) is 11.6. The van der Waals surface area contributed by atoms with Crippen molar-refractivity contribution in [3.8, 4) is 0 Å². The molecule has 0 aliphatic rings. The van der Waals surface area contributed by atoms with Crippen molar-refractivity contribution in [2.75, 3.05) is 6.54 Å². The standard InChI is InChI=1S/C17H15N5O/c23-17(15-5-6-16-18-9-10-22(16)21-15)19-8-7-12-11-20-14-4-2-1-3-13(12)14/h1-6,9-11,20H,7-8H2,(H,19,23). The molecule has 1 aromatic carbocycles. The number of nitrogens with one attached hydrogen (secondary N) is 2. The number of carbonyl (C=O) groups excluding carboxylic acids is 1. The number of fused-ring (bicyclic) bond motifs is 2. The van der Waals surface area contributed by atoms with Crippen molar-refractivity contribution in [3.05, 3.63) is 66.2 Å². The van der Waals surface area contributed by atoms with Crippen LogP contribution in [0.15, 0.2) is 55.0 Å². The summed E-state index contributed by atoms with van der Waals surface area (Å²) >= 11 is 0. The molecular formula is C17H15N5O. The van der Waals surface area contributed by atoms with Crippen molar-refractivity contribution in [2.24, 2.45) is 0 Å². The molecule has 4 rings (SSSR count). The lowest BCUT2D eigenvalue weighted by atomic mass is 10.1. The molecule has 2 N–H and O–H groups in total. The van der Waals surface area contributed by atoms with Crippen LogP contribution in [0.1, 0.15) is 16.1 Å². The minimum absolute atomic E-state index is 0.180. The van der Waals surface area contributed by atoms with E-state index >= 15 is 0 Å². The molecule has 114 valence electrons. The van der Waals surface area contributed by atoms with Gasteiger partial charge in [0, 0.05) is 36.0 Å². The zero-order chi connectivity index (χ0) is 15.6. The highest BCUT2D eigenvalue weighted by molar-refractivity contribution is 5.92. The van der Waals surface area contributed by atoms with Crippen LogP contribution in [0, 0.1) is 0 Å². The van der Waals surface area contributed by atoms with Gasteiger partial charge < -0.3 is 10.3 Å². The Hall–Kier alpha value is -3.15. The molecule has 23 heavy (non-hydrogen) atoms. The highest BCUT2D eigenvalue weighted by Gasteiger charge is 2.09. The number of carbonyl (C=O) groups is 1. The minimum atomic E-state index is -0.180. The Morgan fingerprint density at radius 2 is 2.13 bits per heavy atom. The predicted molar refractivity (Wildman–Crippen MR) is 87.3 cm³/mol. The molecular weight excluding hydrogens is 290 g/mol. The van der Waals surface area contributed by atoms with Crippen molar-refractivity contribution >= 4 is 22.5 Å². The van der Waals surface area contributed by atoms with Gasteiger partial charge in [-0.15, -0.1) is 0 Å². The van der Waals surface area contributed by atoms with Gasteiger partial charge in [-0.2, -0.15) is 5.10 Å². The Morgan fingerprint density at radius 1 is 1.22 bits per heavy atom. The monoisotopic (exact) mass is 305 g/mol. The molecule has 0 radical (unpaired) electrons. The predicted octanol–water partition coefficient (Wildman–Crippen LogP) is 2.18. The maximum absolute atomic E-state index is 12.2. The number of H-pyrrole nitrogens is 1. The second kappa shape index (κ2) is 5.57. The topological polar surface area (TPSA) is 75.1 Å². The molecule has 4 aromatic rings. The van der Waals surface area contributed by atoms with Crippen molar-refractivity contribution in [3.63, 3.8) is 0 Å². The van der Waals surface area contributed by atoms with Crippen LogP contribution >= 0.6 is 0 Å². The van der Waals surface area contributed by atoms with Gasteiger partial charge in [0.15, 0.2) is 5.65 Å². The summed E-state index contributed by atoms with van der Waals surface area (Å²) < 4.78 is 1.59. The van der Waals surface area contributed by atoms with Gasteiger partial charge in [0.2, 0.25) is 0 Å². The van der Waals surface area contributed by atoms with Gasteiger partial charge in [-0.25, -0.2) is 9.50 Å². The van der Waals surface area contributed by atoms with Crippen molar-refractivity contribution in [1.82, 2.24) is 24.9 Å². The SMILES string of the molecule is O=C(NCCc1c[nH]c2ccccc12)c1ccc2nccn2n1. The van der Waals surface area contributed by atoms with E-state index in [0.717, 1.165) is 17.6 Å². The summed E-state index contributed by atoms with van der Waals surface area (Å²) in [5.41, 5.74) is 3.41. The molecule has 1 amide bonds. The third-order valence-corrected chi connectivity index (χ3v) is 3.84. The maximum Gasteiger partial charge on any atom is 0.271 e. The maximum atomic E-state index is 12.2. The molecule has 0 atom stereocenters. The zero-order valence-corrected chi connectivity index (χ0v) is 12.4. The molecule has 3 aromatic heterocycles. The lowest BCUT2D eigenvalue weighted by Crippen LogP contribution is -2.27. The number of aromatic nitrogens is 4. The summed E-state index contributed by atoms with van der Waals surface area (Å²) in [6.07, 6.45) is 6.13. The van der Waals surface area contributed by atoms with Crippen molar-refractivity contribution < 1.29 is 4.79 Å². The zero-order valence-electron chi connectivity index (χ0n) is 12.4. The fourth-order valence-electron chi connectivity index (χ4n) is 2.68. The summed E-state index contributed by atoms with van der Waals surface area (Å²) in [4.78, 5) is 19.5. The summed E-state index contributed by atoms with van der Waals surface area (Å²) in [7, 11) is 0. The molecule has 0 spiro atoms. The molecule has 3 heterocycles. The number of hydrogen-bond donors (Lipinski definition) is 2. The van der Waals surface area contributed by atoms with Crippen LogP contribution < -0.4 is 5.32 Å². The van der Waals surface area contributed by atoms with Crippen LogP contribution in [0.4, 0.5) is 0 Å². The van der Waals surface area contributed by atoms with E-state index < -0.39 is 0 Å². The number of imidazole rings is 1. The van der Waals surface area contributed by atoms with Gasteiger partial charge in [0.25, 0.3) is 5.91 Å².